The highest BCUT2D eigenvalue weighted by Gasteiger charge is 2.33. The van der Waals surface area contributed by atoms with Crippen molar-refractivity contribution in [3.63, 3.8) is 0 Å². The van der Waals surface area contributed by atoms with E-state index in [1.807, 2.05) is 30.3 Å². The van der Waals surface area contributed by atoms with Crippen molar-refractivity contribution < 1.29 is 0 Å². The van der Waals surface area contributed by atoms with E-state index in [9.17, 15) is 10.5 Å². The van der Waals surface area contributed by atoms with Crippen LogP contribution in [-0.2, 0) is 10.8 Å². The van der Waals surface area contributed by atoms with Gasteiger partial charge in [-0.25, -0.2) is 0 Å². The van der Waals surface area contributed by atoms with Crippen molar-refractivity contribution in [1.29, 1.82) is 10.5 Å². The fraction of sp³-hybridized carbons (Fsp3) is 0.138. The Morgan fingerprint density at radius 3 is 1.03 bits per heavy atom. The molecular formula is C58H45N5. The summed E-state index contributed by atoms with van der Waals surface area (Å²) in [6.45, 7) is 13.5. The summed E-state index contributed by atoms with van der Waals surface area (Å²) in [5, 5.41) is 30.4. The first-order chi connectivity index (χ1) is 30.5. The topological polar surface area (TPSA) is 62.4 Å². The third-order valence-electron chi connectivity index (χ3n) is 13.0. The number of para-hydroxylation sites is 4. The van der Waals surface area contributed by atoms with Gasteiger partial charge < -0.3 is 13.7 Å². The summed E-state index contributed by atoms with van der Waals surface area (Å²) >= 11 is 0. The highest BCUT2D eigenvalue weighted by molar-refractivity contribution is 6.15. The van der Waals surface area contributed by atoms with Crippen LogP contribution in [0.15, 0.2) is 164 Å². The first-order valence-corrected chi connectivity index (χ1v) is 21.7. The minimum Gasteiger partial charge on any atom is -0.306 e. The summed E-state index contributed by atoms with van der Waals surface area (Å²) in [6.07, 6.45) is 0. The molecule has 0 spiro atoms. The molecular weight excluding hydrogens is 767 g/mol. The molecule has 0 aliphatic rings. The Morgan fingerprint density at radius 2 is 0.667 bits per heavy atom. The maximum Gasteiger partial charge on any atom is 0.102 e. The van der Waals surface area contributed by atoms with Crippen molar-refractivity contribution in [2.24, 2.45) is 0 Å². The predicted molar refractivity (Wildman–Crippen MR) is 262 cm³/mol. The van der Waals surface area contributed by atoms with E-state index < -0.39 is 0 Å². The smallest absolute Gasteiger partial charge is 0.102 e. The van der Waals surface area contributed by atoms with Crippen molar-refractivity contribution in [2.75, 3.05) is 0 Å². The van der Waals surface area contributed by atoms with Gasteiger partial charge in [-0.2, -0.15) is 10.5 Å². The summed E-state index contributed by atoms with van der Waals surface area (Å²) < 4.78 is 6.93. The highest BCUT2D eigenvalue weighted by Crippen LogP contribution is 2.49. The Balaban J connectivity index is 1.47. The number of nitrogens with zero attached hydrogens (tertiary/aromatic N) is 5. The second-order valence-electron chi connectivity index (χ2n) is 18.8. The van der Waals surface area contributed by atoms with Crippen LogP contribution in [0.3, 0.4) is 0 Å². The van der Waals surface area contributed by atoms with E-state index in [1.165, 1.54) is 11.1 Å². The second-order valence-corrected chi connectivity index (χ2v) is 18.8. The average molecular weight is 812 g/mol. The summed E-state index contributed by atoms with van der Waals surface area (Å²) in [4.78, 5) is 0. The molecule has 0 bridgehead atoms. The molecule has 0 unspecified atom stereocenters. The molecule has 3 aromatic heterocycles. The molecule has 0 saturated carbocycles. The molecule has 0 amide bonds. The van der Waals surface area contributed by atoms with Gasteiger partial charge in [-0.1, -0.05) is 157 Å². The van der Waals surface area contributed by atoms with Gasteiger partial charge in [0.05, 0.1) is 61.3 Å². The molecule has 0 saturated heterocycles. The number of aromatic nitrogens is 3. The van der Waals surface area contributed by atoms with Crippen LogP contribution in [0, 0.1) is 22.7 Å². The standard InChI is InChI=1S/C58H45N5/c1-57(2,3)37-28-30-51-43(32-37)41-22-12-16-26-49(41)61(51)54-45(34-59)53(36-18-8-7-9-19-36)46(35-60)55(56(54)63-47-24-14-10-20-39(47)40-21-11-15-25-48(40)63)62-50-27-17-13-23-42(50)44-33-38(58(4,5)6)29-31-52(44)62/h7-33H,1-6H3. The molecule has 11 aromatic rings. The molecule has 11 rings (SSSR count). The predicted octanol–water partition coefficient (Wildman–Crippen LogP) is 15.0. The maximum atomic E-state index is 11.9. The Hall–Kier alpha value is -7.86. The Kier molecular flexibility index (Phi) is 8.36. The molecule has 0 fully saturated rings. The van der Waals surface area contributed by atoms with Gasteiger partial charge in [0, 0.05) is 37.9 Å². The van der Waals surface area contributed by atoms with Crippen LogP contribution >= 0.6 is 0 Å². The SMILES string of the molecule is CC(C)(C)c1ccc2c(c1)c1ccccc1n2-c1c(C#N)c(-c2ccccc2)c(C#N)c(-n2c3ccccc3c3cc(C(C)(C)C)ccc32)c1-n1c2ccccc2c2ccccc21. The van der Waals surface area contributed by atoms with Crippen molar-refractivity contribution >= 4 is 65.4 Å². The summed E-state index contributed by atoms with van der Waals surface area (Å²) in [5.41, 5.74) is 12.6. The van der Waals surface area contributed by atoms with Crippen LogP contribution in [-0.4, -0.2) is 13.7 Å². The van der Waals surface area contributed by atoms with Gasteiger partial charge in [0.15, 0.2) is 0 Å². The largest absolute Gasteiger partial charge is 0.306 e. The Morgan fingerprint density at radius 1 is 0.349 bits per heavy atom. The number of rotatable bonds is 4. The first-order valence-electron chi connectivity index (χ1n) is 21.7. The molecule has 0 N–H and O–H groups in total. The molecule has 3 heterocycles. The number of benzene rings is 8. The van der Waals surface area contributed by atoms with Gasteiger partial charge in [0.2, 0.25) is 0 Å². The zero-order valence-electron chi connectivity index (χ0n) is 36.3. The average Bonchev–Trinajstić information content (AvgIpc) is 3.93. The van der Waals surface area contributed by atoms with Crippen LogP contribution < -0.4 is 0 Å². The van der Waals surface area contributed by atoms with Gasteiger partial charge in [0.1, 0.15) is 12.1 Å². The maximum absolute atomic E-state index is 11.9. The van der Waals surface area contributed by atoms with Gasteiger partial charge in [-0.05, 0) is 76.1 Å². The zero-order valence-corrected chi connectivity index (χ0v) is 36.3. The molecule has 0 aliphatic carbocycles. The lowest BCUT2D eigenvalue weighted by molar-refractivity contribution is 0.591. The normalized spacial score (nSPS) is 12.3. The molecule has 302 valence electrons. The lowest BCUT2D eigenvalue weighted by Gasteiger charge is -2.27. The van der Waals surface area contributed by atoms with Gasteiger partial charge in [-0.15, -0.1) is 0 Å². The Bertz CT molecular complexity index is 3550. The molecule has 63 heavy (non-hydrogen) atoms. The molecule has 8 aromatic carbocycles. The lowest BCUT2D eigenvalue weighted by atomic mass is 9.86. The van der Waals surface area contributed by atoms with E-state index in [-0.39, 0.29) is 10.8 Å². The van der Waals surface area contributed by atoms with Gasteiger partial charge >= 0.3 is 0 Å². The number of fused-ring (bicyclic) bond motifs is 9. The summed E-state index contributed by atoms with van der Waals surface area (Å²) in [6, 6.07) is 63.1. The highest BCUT2D eigenvalue weighted by atomic mass is 15.1. The fourth-order valence-electron chi connectivity index (χ4n) is 9.99. The molecule has 0 atom stereocenters. The number of hydrogen-bond donors (Lipinski definition) is 0. The van der Waals surface area contributed by atoms with Crippen LogP contribution in [0.2, 0.25) is 0 Å². The van der Waals surface area contributed by atoms with Crippen LogP contribution in [0.1, 0.15) is 63.8 Å². The fourth-order valence-corrected chi connectivity index (χ4v) is 9.99. The van der Waals surface area contributed by atoms with Crippen molar-refractivity contribution in [3.05, 3.63) is 186 Å². The molecule has 5 nitrogen and oxygen atoms in total. The number of hydrogen-bond acceptors (Lipinski definition) is 2. The minimum absolute atomic E-state index is 0.0885. The van der Waals surface area contributed by atoms with E-state index >= 15 is 0 Å². The van der Waals surface area contributed by atoms with Crippen molar-refractivity contribution in [2.45, 2.75) is 52.4 Å². The molecule has 0 radical (unpaired) electrons. The second kappa shape index (κ2) is 13.8. The third kappa shape index (κ3) is 5.60. The number of nitriles is 2. The summed E-state index contributed by atoms with van der Waals surface area (Å²) in [5.74, 6) is 0. The quantitative estimate of drug-likeness (QED) is 0.178. The van der Waals surface area contributed by atoms with E-state index in [1.54, 1.807) is 0 Å². The van der Waals surface area contributed by atoms with Gasteiger partial charge in [-0.3, -0.25) is 0 Å². The lowest BCUT2D eigenvalue weighted by Crippen LogP contribution is -2.15. The van der Waals surface area contributed by atoms with Crippen molar-refractivity contribution in [1.82, 2.24) is 13.7 Å². The Labute approximate surface area is 366 Å². The van der Waals surface area contributed by atoms with Gasteiger partial charge in [0.25, 0.3) is 0 Å². The van der Waals surface area contributed by atoms with Crippen LogP contribution in [0.5, 0.6) is 0 Å². The van der Waals surface area contributed by atoms with E-state index in [0.717, 1.165) is 76.7 Å². The summed E-state index contributed by atoms with van der Waals surface area (Å²) in [7, 11) is 0. The first kappa shape index (κ1) is 38.1. The monoisotopic (exact) mass is 811 g/mol. The van der Waals surface area contributed by atoms with Crippen LogP contribution in [0.25, 0.3) is 93.6 Å². The zero-order chi connectivity index (χ0) is 43.4. The molecule has 0 aliphatic heterocycles. The van der Waals surface area contributed by atoms with E-state index in [4.69, 9.17) is 0 Å². The minimum atomic E-state index is -0.0885. The van der Waals surface area contributed by atoms with E-state index in [2.05, 4.69) is 201 Å². The molecule has 5 heteroatoms. The van der Waals surface area contributed by atoms with Crippen molar-refractivity contribution in [3.8, 4) is 40.3 Å². The third-order valence-corrected chi connectivity index (χ3v) is 13.0. The van der Waals surface area contributed by atoms with Crippen LogP contribution in [0.4, 0.5) is 0 Å². The van der Waals surface area contributed by atoms with E-state index in [0.29, 0.717) is 28.1 Å².